The number of carbonyl (C=O) groups is 2. The molecule has 2 amide bonds. The fourth-order valence-corrected chi connectivity index (χ4v) is 2.96. The maximum absolute atomic E-state index is 12.4. The van der Waals surface area contributed by atoms with Gasteiger partial charge in [0.1, 0.15) is 0 Å². The minimum absolute atomic E-state index is 0.00986. The lowest BCUT2D eigenvalue weighted by Crippen LogP contribution is -2.38. The Balaban J connectivity index is 1.99. The van der Waals surface area contributed by atoms with Gasteiger partial charge in [-0.25, -0.2) is 0 Å². The number of hydrogen-bond donors (Lipinski definition) is 1. The third-order valence-corrected chi connectivity index (χ3v) is 4.55. The number of nitrogens with zero attached hydrogens (tertiary/aromatic N) is 1. The summed E-state index contributed by atoms with van der Waals surface area (Å²) in [5.41, 5.74) is 3.89. The Bertz CT molecular complexity index is 848. The summed E-state index contributed by atoms with van der Waals surface area (Å²) in [6.07, 6.45) is 0.608. The molecule has 0 saturated heterocycles. The number of methoxy groups -OCH3 is 2. The number of benzene rings is 2. The number of hydrogen-bond acceptors (Lipinski definition) is 4. The Kier molecular flexibility index (Phi) is 7.44. The van der Waals surface area contributed by atoms with Crippen LogP contribution in [0.25, 0.3) is 0 Å². The van der Waals surface area contributed by atoms with Crippen LogP contribution in [0.5, 0.6) is 11.5 Å². The molecule has 0 heterocycles. The summed E-state index contributed by atoms with van der Waals surface area (Å²) in [6.45, 7) is 5.87. The SMILES string of the molecule is COc1ccc(CCN(CC(=O)Nc2ccc(C)cc2C)C(C)=O)cc1OC. The number of ether oxygens (including phenoxy) is 2. The number of carbonyl (C=O) groups excluding carboxylic acids is 2. The van der Waals surface area contributed by atoms with Crippen LogP contribution in [0.2, 0.25) is 0 Å². The molecule has 1 N–H and O–H groups in total. The standard InChI is InChI=1S/C22H28N2O4/c1-15-6-8-19(16(2)12-15)23-22(26)14-24(17(3)25)11-10-18-7-9-20(27-4)21(13-18)28-5/h6-9,12-13H,10-11,14H2,1-5H3,(H,23,26). The Morgan fingerprint density at radius 1 is 1.00 bits per heavy atom. The Labute approximate surface area is 166 Å². The largest absolute Gasteiger partial charge is 0.493 e. The van der Waals surface area contributed by atoms with Gasteiger partial charge in [-0.05, 0) is 49.6 Å². The van der Waals surface area contributed by atoms with Crippen molar-refractivity contribution in [2.24, 2.45) is 0 Å². The first kappa shape index (κ1) is 21.3. The number of anilines is 1. The summed E-state index contributed by atoms with van der Waals surface area (Å²) in [6, 6.07) is 11.5. The van der Waals surface area contributed by atoms with Crippen LogP contribution >= 0.6 is 0 Å². The van der Waals surface area contributed by atoms with Gasteiger partial charge >= 0.3 is 0 Å². The Morgan fingerprint density at radius 3 is 2.32 bits per heavy atom. The second-order valence-corrected chi connectivity index (χ2v) is 6.75. The molecule has 0 bridgehead atoms. The zero-order chi connectivity index (χ0) is 20.7. The summed E-state index contributed by atoms with van der Waals surface area (Å²) in [5.74, 6) is 0.940. The van der Waals surface area contributed by atoms with E-state index in [9.17, 15) is 9.59 Å². The van der Waals surface area contributed by atoms with Crippen LogP contribution in [0.3, 0.4) is 0 Å². The Hall–Kier alpha value is -3.02. The van der Waals surface area contributed by atoms with Crippen molar-refractivity contribution in [1.29, 1.82) is 0 Å². The molecule has 0 spiro atoms. The van der Waals surface area contributed by atoms with Gasteiger partial charge < -0.3 is 19.7 Å². The zero-order valence-corrected chi connectivity index (χ0v) is 17.2. The van der Waals surface area contributed by atoms with Crippen LogP contribution < -0.4 is 14.8 Å². The van der Waals surface area contributed by atoms with E-state index in [4.69, 9.17) is 9.47 Å². The van der Waals surface area contributed by atoms with Crippen LogP contribution in [-0.4, -0.2) is 44.0 Å². The molecule has 6 nitrogen and oxygen atoms in total. The van der Waals surface area contributed by atoms with Crippen molar-refractivity contribution in [2.45, 2.75) is 27.2 Å². The molecule has 2 aromatic carbocycles. The van der Waals surface area contributed by atoms with E-state index in [1.165, 1.54) is 11.8 Å². The molecule has 0 aliphatic heterocycles. The van der Waals surface area contributed by atoms with Crippen molar-refractivity contribution in [2.75, 3.05) is 32.6 Å². The van der Waals surface area contributed by atoms with E-state index < -0.39 is 0 Å². The summed E-state index contributed by atoms with van der Waals surface area (Å²) >= 11 is 0. The van der Waals surface area contributed by atoms with E-state index in [0.717, 1.165) is 22.4 Å². The summed E-state index contributed by atoms with van der Waals surface area (Å²) in [4.78, 5) is 25.9. The predicted octanol–water partition coefficient (Wildman–Crippen LogP) is 3.35. The van der Waals surface area contributed by atoms with E-state index in [0.29, 0.717) is 24.5 Å². The summed E-state index contributed by atoms with van der Waals surface area (Å²) < 4.78 is 10.6. The van der Waals surface area contributed by atoms with Crippen molar-refractivity contribution in [1.82, 2.24) is 4.90 Å². The molecule has 28 heavy (non-hydrogen) atoms. The minimum atomic E-state index is -0.213. The van der Waals surface area contributed by atoms with Crippen molar-refractivity contribution in [3.8, 4) is 11.5 Å². The van der Waals surface area contributed by atoms with Gasteiger partial charge in [0.25, 0.3) is 0 Å². The summed E-state index contributed by atoms with van der Waals surface area (Å²) in [5, 5.41) is 2.88. The normalized spacial score (nSPS) is 10.3. The second kappa shape index (κ2) is 9.78. The molecule has 0 atom stereocenters. The average molecular weight is 384 g/mol. The van der Waals surface area contributed by atoms with E-state index in [-0.39, 0.29) is 18.4 Å². The van der Waals surface area contributed by atoms with Crippen LogP contribution in [0.4, 0.5) is 5.69 Å². The highest BCUT2D eigenvalue weighted by atomic mass is 16.5. The van der Waals surface area contributed by atoms with Crippen LogP contribution in [0, 0.1) is 13.8 Å². The number of rotatable bonds is 8. The molecule has 0 saturated carbocycles. The zero-order valence-electron chi connectivity index (χ0n) is 17.2. The molecule has 2 aromatic rings. The van der Waals surface area contributed by atoms with Gasteiger partial charge in [0, 0.05) is 19.2 Å². The smallest absolute Gasteiger partial charge is 0.244 e. The van der Waals surface area contributed by atoms with Crippen LogP contribution in [0.15, 0.2) is 36.4 Å². The fourth-order valence-electron chi connectivity index (χ4n) is 2.96. The highest BCUT2D eigenvalue weighted by molar-refractivity contribution is 5.94. The van der Waals surface area contributed by atoms with Crippen molar-refractivity contribution < 1.29 is 19.1 Å². The first-order valence-electron chi connectivity index (χ1n) is 9.17. The molecule has 0 aliphatic rings. The highest BCUT2D eigenvalue weighted by Crippen LogP contribution is 2.27. The first-order chi connectivity index (χ1) is 13.3. The lowest BCUT2D eigenvalue weighted by molar-refractivity contribution is -0.132. The van der Waals surface area contributed by atoms with E-state index >= 15 is 0 Å². The number of nitrogens with one attached hydrogen (secondary N) is 1. The molecule has 6 heteroatoms. The molecular formula is C22H28N2O4. The maximum Gasteiger partial charge on any atom is 0.244 e. The van der Waals surface area contributed by atoms with Gasteiger partial charge in [-0.1, -0.05) is 23.8 Å². The Morgan fingerprint density at radius 2 is 1.71 bits per heavy atom. The van der Waals surface area contributed by atoms with Gasteiger partial charge in [0.15, 0.2) is 11.5 Å². The molecule has 0 fully saturated rings. The van der Waals surface area contributed by atoms with Crippen molar-refractivity contribution in [3.05, 3.63) is 53.1 Å². The topological polar surface area (TPSA) is 67.9 Å². The maximum atomic E-state index is 12.4. The number of amides is 2. The van der Waals surface area contributed by atoms with E-state index in [1.807, 2.05) is 50.2 Å². The molecule has 0 aromatic heterocycles. The van der Waals surface area contributed by atoms with Crippen LogP contribution in [0.1, 0.15) is 23.6 Å². The highest BCUT2D eigenvalue weighted by Gasteiger charge is 2.15. The van der Waals surface area contributed by atoms with Crippen LogP contribution in [-0.2, 0) is 16.0 Å². The minimum Gasteiger partial charge on any atom is -0.493 e. The molecule has 150 valence electrons. The van der Waals surface area contributed by atoms with Gasteiger partial charge in [-0.3, -0.25) is 9.59 Å². The first-order valence-corrected chi connectivity index (χ1v) is 9.17. The van der Waals surface area contributed by atoms with Gasteiger partial charge in [-0.15, -0.1) is 0 Å². The summed E-state index contributed by atoms with van der Waals surface area (Å²) in [7, 11) is 3.17. The molecule has 0 radical (unpaired) electrons. The molecule has 0 unspecified atom stereocenters. The third-order valence-electron chi connectivity index (χ3n) is 4.55. The van der Waals surface area contributed by atoms with Gasteiger partial charge in [0.2, 0.25) is 11.8 Å². The number of aryl methyl sites for hydroxylation is 2. The van der Waals surface area contributed by atoms with Crippen molar-refractivity contribution >= 4 is 17.5 Å². The lowest BCUT2D eigenvalue weighted by Gasteiger charge is -2.21. The fraction of sp³-hybridized carbons (Fsp3) is 0.364. The van der Waals surface area contributed by atoms with Crippen molar-refractivity contribution in [3.63, 3.8) is 0 Å². The van der Waals surface area contributed by atoms with E-state index in [1.54, 1.807) is 14.2 Å². The lowest BCUT2D eigenvalue weighted by atomic mass is 10.1. The quantitative estimate of drug-likeness (QED) is 0.758. The monoisotopic (exact) mass is 384 g/mol. The van der Waals surface area contributed by atoms with E-state index in [2.05, 4.69) is 5.32 Å². The molecular weight excluding hydrogens is 356 g/mol. The third kappa shape index (κ3) is 5.74. The predicted molar refractivity (Wildman–Crippen MR) is 110 cm³/mol. The molecule has 0 aliphatic carbocycles. The second-order valence-electron chi connectivity index (χ2n) is 6.75. The molecule has 2 rings (SSSR count). The van der Waals surface area contributed by atoms with Gasteiger partial charge in [-0.2, -0.15) is 0 Å². The van der Waals surface area contributed by atoms with Gasteiger partial charge in [0.05, 0.1) is 20.8 Å². The average Bonchev–Trinajstić information content (AvgIpc) is 2.66.